The third kappa shape index (κ3) is 2.77. The average molecular weight is 213 g/mol. The predicted octanol–water partition coefficient (Wildman–Crippen LogP) is 1.57. The van der Waals surface area contributed by atoms with E-state index in [0.717, 1.165) is 23.7 Å². The fraction of sp³-hybridized carbons (Fsp3) is 0.556. The maximum atomic E-state index is 5.10. The lowest BCUT2D eigenvalue weighted by Crippen LogP contribution is -2.08. The van der Waals surface area contributed by atoms with Crippen molar-refractivity contribution >= 4 is 17.6 Å². The van der Waals surface area contributed by atoms with Gasteiger partial charge in [0.05, 0.1) is 12.7 Å². The molecule has 1 aromatic rings. The van der Waals surface area contributed by atoms with E-state index in [1.165, 1.54) is 6.33 Å². The van der Waals surface area contributed by atoms with Crippen LogP contribution in [0.1, 0.15) is 5.56 Å². The average Bonchev–Trinajstić information content (AvgIpc) is 2.21. The molecule has 0 bridgehead atoms. The van der Waals surface area contributed by atoms with Crippen LogP contribution in [0.4, 0.5) is 5.82 Å². The maximum absolute atomic E-state index is 5.10. The Morgan fingerprint density at radius 3 is 2.93 bits per heavy atom. The van der Waals surface area contributed by atoms with Crippen LogP contribution in [0.3, 0.4) is 0 Å². The molecule has 0 saturated heterocycles. The molecule has 0 amide bonds. The summed E-state index contributed by atoms with van der Waals surface area (Å²) < 4.78 is 5.10. The Morgan fingerprint density at radius 1 is 1.50 bits per heavy atom. The second-order valence-corrected chi connectivity index (χ2v) is 3.76. The third-order valence-electron chi connectivity index (χ3n) is 1.83. The Morgan fingerprint density at radius 2 is 2.29 bits per heavy atom. The normalized spacial score (nSPS) is 9.93. The Hall–Kier alpha value is -0.970. The van der Waals surface area contributed by atoms with Crippen molar-refractivity contribution in [3.05, 3.63) is 11.9 Å². The summed E-state index contributed by atoms with van der Waals surface area (Å²) in [6, 6.07) is 0. The zero-order valence-corrected chi connectivity index (χ0v) is 9.52. The van der Waals surface area contributed by atoms with Gasteiger partial charge < -0.3 is 10.1 Å². The van der Waals surface area contributed by atoms with Gasteiger partial charge in [-0.3, -0.25) is 0 Å². The van der Waals surface area contributed by atoms with E-state index in [9.17, 15) is 0 Å². The van der Waals surface area contributed by atoms with Crippen molar-refractivity contribution in [3.8, 4) is 5.88 Å². The summed E-state index contributed by atoms with van der Waals surface area (Å²) in [7, 11) is 1.61. The first kappa shape index (κ1) is 11.1. The molecule has 4 nitrogen and oxygen atoms in total. The summed E-state index contributed by atoms with van der Waals surface area (Å²) in [5, 5.41) is 3.24. The number of anilines is 1. The van der Waals surface area contributed by atoms with Crippen LogP contribution in [0.5, 0.6) is 5.88 Å². The van der Waals surface area contributed by atoms with Gasteiger partial charge in [-0.1, -0.05) is 0 Å². The number of ether oxygens (including phenoxy) is 1. The topological polar surface area (TPSA) is 47.0 Å². The van der Waals surface area contributed by atoms with Crippen LogP contribution < -0.4 is 10.1 Å². The summed E-state index contributed by atoms with van der Waals surface area (Å²) in [4.78, 5) is 8.15. The summed E-state index contributed by atoms with van der Waals surface area (Å²) in [5.74, 6) is 2.55. The van der Waals surface area contributed by atoms with E-state index in [0.29, 0.717) is 5.88 Å². The SMILES string of the molecule is COc1ncnc(NCCSC)c1C. The standard InChI is InChI=1S/C9H15N3OS/c1-7-8(10-4-5-14-3)11-6-12-9(7)13-2/h6H,4-5H2,1-3H3,(H,10,11,12). The molecule has 0 aliphatic carbocycles. The van der Waals surface area contributed by atoms with Crippen molar-refractivity contribution in [2.75, 3.05) is 31.0 Å². The molecule has 0 atom stereocenters. The lowest BCUT2D eigenvalue weighted by molar-refractivity contribution is 0.393. The molecule has 0 aromatic carbocycles. The smallest absolute Gasteiger partial charge is 0.221 e. The number of hydrogen-bond donors (Lipinski definition) is 1. The van der Waals surface area contributed by atoms with Crippen LogP contribution >= 0.6 is 11.8 Å². The van der Waals surface area contributed by atoms with Gasteiger partial charge >= 0.3 is 0 Å². The van der Waals surface area contributed by atoms with Gasteiger partial charge in [-0.2, -0.15) is 11.8 Å². The lowest BCUT2D eigenvalue weighted by Gasteiger charge is -2.09. The molecule has 14 heavy (non-hydrogen) atoms. The molecule has 1 N–H and O–H groups in total. The van der Waals surface area contributed by atoms with Crippen LogP contribution in [-0.2, 0) is 0 Å². The van der Waals surface area contributed by atoms with Gasteiger partial charge in [-0.15, -0.1) is 0 Å². The van der Waals surface area contributed by atoms with Gasteiger partial charge in [-0.25, -0.2) is 9.97 Å². The quantitative estimate of drug-likeness (QED) is 0.752. The van der Waals surface area contributed by atoms with Crippen LogP contribution in [0.2, 0.25) is 0 Å². The van der Waals surface area contributed by atoms with E-state index in [4.69, 9.17) is 4.74 Å². The second-order valence-electron chi connectivity index (χ2n) is 2.78. The summed E-state index contributed by atoms with van der Waals surface area (Å²) in [5.41, 5.74) is 0.955. The molecule has 0 aliphatic heterocycles. The van der Waals surface area contributed by atoms with E-state index in [1.807, 2.05) is 6.92 Å². The molecule has 0 spiro atoms. The van der Waals surface area contributed by atoms with Gasteiger partial charge in [0.1, 0.15) is 12.1 Å². The molecular weight excluding hydrogens is 198 g/mol. The molecule has 0 saturated carbocycles. The number of nitrogens with zero attached hydrogens (tertiary/aromatic N) is 2. The van der Waals surface area contributed by atoms with Crippen molar-refractivity contribution in [1.82, 2.24) is 9.97 Å². The lowest BCUT2D eigenvalue weighted by atomic mass is 10.3. The highest BCUT2D eigenvalue weighted by Crippen LogP contribution is 2.19. The molecule has 1 aromatic heterocycles. The van der Waals surface area contributed by atoms with Crippen LogP contribution in [0, 0.1) is 6.92 Å². The highest BCUT2D eigenvalue weighted by Gasteiger charge is 2.05. The summed E-state index contributed by atoms with van der Waals surface area (Å²) >= 11 is 1.80. The van der Waals surface area contributed by atoms with Gasteiger partial charge in [0.15, 0.2) is 0 Å². The van der Waals surface area contributed by atoms with Gasteiger partial charge in [0, 0.05) is 12.3 Å². The fourth-order valence-electron chi connectivity index (χ4n) is 1.09. The fourth-order valence-corrected chi connectivity index (χ4v) is 1.40. The minimum absolute atomic E-state index is 0.631. The van der Waals surface area contributed by atoms with Crippen molar-refractivity contribution < 1.29 is 4.74 Å². The van der Waals surface area contributed by atoms with Gasteiger partial charge in [-0.05, 0) is 13.2 Å². The van der Waals surface area contributed by atoms with Crippen LogP contribution in [0.25, 0.3) is 0 Å². The second kappa shape index (κ2) is 5.70. The van der Waals surface area contributed by atoms with Gasteiger partial charge in [0.25, 0.3) is 0 Å². The maximum Gasteiger partial charge on any atom is 0.221 e. The van der Waals surface area contributed by atoms with Crippen LogP contribution in [-0.4, -0.2) is 35.6 Å². The van der Waals surface area contributed by atoms with E-state index in [1.54, 1.807) is 18.9 Å². The summed E-state index contributed by atoms with van der Waals surface area (Å²) in [6.07, 6.45) is 3.59. The molecule has 0 fully saturated rings. The zero-order valence-electron chi connectivity index (χ0n) is 8.70. The van der Waals surface area contributed by atoms with E-state index in [2.05, 4.69) is 21.5 Å². The van der Waals surface area contributed by atoms with Crippen molar-refractivity contribution in [2.24, 2.45) is 0 Å². The Balaban J connectivity index is 2.66. The van der Waals surface area contributed by atoms with Crippen molar-refractivity contribution in [3.63, 3.8) is 0 Å². The van der Waals surface area contributed by atoms with E-state index in [-0.39, 0.29) is 0 Å². The molecule has 78 valence electrons. The summed E-state index contributed by atoms with van der Waals surface area (Å²) in [6.45, 7) is 2.85. The third-order valence-corrected chi connectivity index (χ3v) is 2.44. The van der Waals surface area contributed by atoms with E-state index >= 15 is 0 Å². The molecule has 0 unspecified atom stereocenters. The number of methoxy groups -OCH3 is 1. The number of rotatable bonds is 5. The zero-order chi connectivity index (χ0) is 10.4. The molecular formula is C9H15N3OS. The predicted molar refractivity (Wildman–Crippen MR) is 60.2 cm³/mol. The highest BCUT2D eigenvalue weighted by atomic mass is 32.2. The van der Waals surface area contributed by atoms with Crippen LogP contribution in [0.15, 0.2) is 6.33 Å². The Labute approximate surface area is 88.5 Å². The molecule has 0 radical (unpaired) electrons. The van der Waals surface area contributed by atoms with E-state index < -0.39 is 0 Å². The van der Waals surface area contributed by atoms with Crippen molar-refractivity contribution in [1.29, 1.82) is 0 Å². The monoisotopic (exact) mass is 213 g/mol. The Bertz CT molecular complexity index is 293. The number of nitrogens with one attached hydrogen (secondary N) is 1. The van der Waals surface area contributed by atoms with Crippen molar-refractivity contribution in [2.45, 2.75) is 6.92 Å². The number of aromatic nitrogens is 2. The minimum atomic E-state index is 0.631. The first-order valence-corrected chi connectivity index (χ1v) is 5.77. The Kier molecular flexibility index (Phi) is 4.52. The molecule has 1 rings (SSSR count). The molecule has 5 heteroatoms. The number of thioether (sulfide) groups is 1. The first-order chi connectivity index (χ1) is 6.79. The molecule has 1 heterocycles. The largest absolute Gasteiger partial charge is 0.481 e. The molecule has 0 aliphatic rings. The highest BCUT2D eigenvalue weighted by molar-refractivity contribution is 7.98. The number of hydrogen-bond acceptors (Lipinski definition) is 5. The van der Waals surface area contributed by atoms with Gasteiger partial charge in [0.2, 0.25) is 5.88 Å². The first-order valence-electron chi connectivity index (χ1n) is 4.38. The minimum Gasteiger partial charge on any atom is -0.481 e.